The van der Waals surface area contributed by atoms with E-state index >= 15 is 0 Å². The minimum atomic E-state index is -0.431. The summed E-state index contributed by atoms with van der Waals surface area (Å²) < 4.78 is 2.09. The minimum absolute atomic E-state index is 0.0556. The number of hydrogen-bond donors (Lipinski definition) is 1. The van der Waals surface area contributed by atoms with Gasteiger partial charge in [0.25, 0.3) is 5.91 Å². The Labute approximate surface area is 278 Å². The van der Waals surface area contributed by atoms with E-state index in [2.05, 4.69) is 97.7 Å². The fraction of sp³-hybridized carbons (Fsp3) is 0.263. The standard InChI is InChI=1S/C38H37N5OS2/c1-6-7-25-8-10-26(11-9-25)27-12-14-29(15-13-27)40-37(44)28(23-39)18-31-20-34-35(45-31)21-36(46-34)42-41-30-16-17-33-32(19-30)24(2)22-38(3,4)43(33)5/h8-21,24H,6-7,22H2,1-5H3,(H,40,44)/b28-18+,42-41?. The van der Waals surface area contributed by atoms with Crippen molar-refractivity contribution >= 4 is 66.1 Å². The summed E-state index contributed by atoms with van der Waals surface area (Å²) in [5, 5.41) is 22.5. The lowest BCUT2D eigenvalue weighted by molar-refractivity contribution is -0.112. The highest BCUT2D eigenvalue weighted by molar-refractivity contribution is 7.30. The van der Waals surface area contributed by atoms with E-state index in [1.807, 2.05) is 42.5 Å². The van der Waals surface area contributed by atoms with Crippen LogP contribution < -0.4 is 10.2 Å². The first-order valence-corrected chi connectivity index (χ1v) is 17.2. The third-order valence-corrected chi connectivity index (χ3v) is 10.8. The van der Waals surface area contributed by atoms with Crippen LogP contribution in [0, 0.1) is 11.3 Å². The van der Waals surface area contributed by atoms with E-state index in [-0.39, 0.29) is 11.1 Å². The van der Waals surface area contributed by atoms with Crippen LogP contribution in [0.15, 0.2) is 94.7 Å². The molecule has 3 aromatic carbocycles. The number of amides is 1. The number of azo groups is 1. The Bertz CT molecular complexity index is 1960. The lowest BCUT2D eigenvalue weighted by Gasteiger charge is -2.45. The van der Waals surface area contributed by atoms with Gasteiger partial charge in [-0.2, -0.15) is 5.26 Å². The number of benzene rings is 3. The number of aryl methyl sites for hydroxylation is 1. The fourth-order valence-electron chi connectivity index (χ4n) is 6.08. The van der Waals surface area contributed by atoms with Crippen molar-refractivity contribution < 1.29 is 4.79 Å². The predicted molar refractivity (Wildman–Crippen MR) is 194 cm³/mol. The molecule has 2 aromatic heterocycles. The predicted octanol–water partition coefficient (Wildman–Crippen LogP) is 11.3. The van der Waals surface area contributed by atoms with Crippen molar-refractivity contribution in [2.45, 2.75) is 58.4 Å². The summed E-state index contributed by atoms with van der Waals surface area (Å²) in [4.78, 5) is 16.2. The molecule has 1 aliphatic rings. The summed E-state index contributed by atoms with van der Waals surface area (Å²) in [5.41, 5.74) is 7.76. The molecule has 0 spiro atoms. The number of nitriles is 1. The maximum atomic E-state index is 13.0. The molecular formula is C38H37N5OS2. The van der Waals surface area contributed by atoms with Crippen LogP contribution in [0.4, 0.5) is 22.1 Å². The van der Waals surface area contributed by atoms with E-state index in [1.54, 1.807) is 17.4 Å². The molecule has 8 heteroatoms. The van der Waals surface area contributed by atoms with E-state index < -0.39 is 5.91 Å². The summed E-state index contributed by atoms with van der Waals surface area (Å²) >= 11 is 3.07. The van der Waals surface area contributed by atoms with Gasteiger partial charge >= 0.3 is 0 Å². The number of carbonyl (C=O) groups excluding carboxylic acids is 1. The molecule has 232 valence electrons. The molecule has 1 N–H and O–H groups in total. The summed E-state index contributed by atoms with van der Waals surface area (Å²) in [6.45, 7) is 9.03. The molecule has 1 atom stereocenters. The number of hydrogen-bond acceptors (Lipinski definition) is 7. The molecule has 1 amide bonds. The van der Waals surface area contributed by atoms with Crippen LogP contribution in [0.25, 0.3) is 26.6 Å². The largest absolute Gasteiger partial charge is 0.369 e. The number of rotatable bonds is 8. The van der Waals surface area contributed by atoms with E-state index in [4.69, 9.17) is 0 Å². The smallest absolute Gasteiger partial charge is 0.266 e. The zero-order valence-corrected chi connectivity index (χ0v) is 28.4. The van der Waals surface area contributed by atoms with Gasteiger partial charge in [-0.05, 0) is 103 Å². The van der Waals surface area contributed by atoms with E-state index in [0.29, 0.717) is 11.6 Å². The van der Waals surface area contributed by atoms with Gasteiger partial charge in [0, 0.05) is 38.2 Å². The Morgan fingerprint density at radius 2 is 1.70 bits per heavy atom. The Morgan fingerprint density at radius 1 is 1.00 bits per heavy atom. The van der Waals surface area contributed by atoms with Gasteiger partial charge in [-0.1, -0.05) is 56.7 Å². The molecule has 0 radical (unpaired) electrons. The number of carbonyl (C=O) groups is 1. The van der Waals surface area contributed by atoms with Crippen molar-refractivity contribution in [2.75, 3.05) is 17.3 Å². The van der Waals surface area contributed by atoms with Gasteiger partial charge in [-0.3, -0.25) is 4.79 Å². The van der Waals surface area contributed by atoms with Crippen LogP contribution in [0.2, 0.25) is 0 Å². The van der Waals surface area contributed by atoms with Gasteiger partial charge in [0.1, 0.15) is 16.6 Å². The quantitative estimate of drug-likeness (QED) is 0.104. The molecular weight excluding hydrogens is 607 g/mol. The molecule has 1 aliphatic heterocycles. The highest BCUT2D eigenvalue weighted by atomic mass is 32.1. The lowest BCUT2D eigenvalue weighted by atomic mass is 9.80. The molecule has 0 fully saturated rings. The summed E-state index contributed by atoms with van der Waals surface area (Å²) in [6, 6.07) is 28.7. The molecule has 6 rings (SSSR count). The summed E-state index contributed by atoms with van der Waals surface area (Å²) in [7, 11) is 2.16. The fourth-order valence-corrected chi connectivity index (χ4v) is 8.25. The van der Waals surface area contributed by atoms with Gasteiger partial charge in [0.15, 0.2) is 0 Å². The Hall–Kier alpha value is -4.58. The second kappa shape index (κ2) is 13.0. The molecule has 6 nitrogen and oxygen atoms in total. The first kappa shape index (κ1) is 31.4. The van der Waals surface area contributed by atoms with Crippen molar-refractivity contribution in [3.63, 3.8) is 0 Å². The van der Waals surface area contributed by atoms with Gasteiger partial charge in [0.2, 0.25) is 0 Å². The van der Waals surface area contributed by atoms with Crippen LogP contribution in [-0.2, 0) is 11.2 Å². The third-order valence-electron chi connectivity index (χ3n) is 8.71. The van der Waals surface area contributed by atoms with Crippen molar-refractivity contribution in [1.29, 1.82) is 5.26 Å². The molecule has 3 heterocycles. The molecule has 0 bridgehead atoms. The SMILES string of the molecule is CCCc1ccc(-c2ccc(NC(=O)/C(C#N)=C/c3cc4sc(N=Nc5ccc6c(c5)C(C)CC(C)(C)N6C)cc4s3)cc2)cc1. The molecule has 0 saturated heterocycles. The number of thiophene rings is 2. The normalized spacial score (nSPS) is 16.0. The van der Waals surface area contributed by atoms with Crippen LogP contribution in [0.5, 0.6) is 0 Å². The maximum absolute atomic E-state index is 13.0. The van der Waals surface area contributed by atoms with Gasteiger partial charge in [-0.25, -0.2) is 0 Å². The van der Waals surface area contributed by atoms with E-state index in [1.165, 1.54) is 28.2 Å². The molecule has 46 heavy (non-hydrogen) atoms. The topological polar surface area (TPSA) is 80.8 Å². The van der Waals surface area contributed by atoms with Gasteiger partial charge in [-0.15, -0.1) is 32.9 Å². The third kappa shape index (κ3) is 6.67. The van der Waals surface area contributed by atoms with E-state index in [0.717, 1.165) is 55.4 Å². The summed E-state index contributed by atoms with van der Waals surface area (Å²) in [5.74, 6) is 0.0222. The van der Waals surface area contributed by atoms with Crippen molar-refractivity contribution in [2.24, 2.45) is 10.2 Å². The number of anilines is 2. The second-order valence-electron chi connectivity index (χ2n) is 12.5. The Kier molecular flexibility index (Phi) is 8.90. The molecule has 0 aliphatic carbocycles. The van der Waals surface area contributed by atoms with Crippen LogP contribution in [0.1, 0.15) is 62.5 Å². The lowest BCUT2D eigenvalue weighted by Crippen LogP contribution is -2.45. The molecule has 1 unspecified atom stereocenters. The molecule has 0 saturated carbocycles. The Balaban J connectivity index is 1.11. The van der Waals surface area contributed by atoms with Crippen LogP contribution in [0.3, 0.4) is 0 Å². The number of nitrogens with one attached hydrogen (secondary N) is 1. The highest BCUT2D eigenvalue weighted by Crippen LogP contribution is 2.44. The zero-order chi connectivity index (χ0) is 32.4. The van der Waals surface area contributed by atoms with Gasteiger partial charge < -0.3 is 10.2 Å². The number of nitrogens with zero attached hydrogens (tertiary/aromatic N) is 4. The first-order chi connectivity index (χ1) is 22.1. The average molecular weight is 644 g/mol. The maximum Gasteiger partial charge on any atom is 0.266 e. The first-order valence-electron chi connectivity index (χ1n) is 15.6. The van der Waals surface area contributed by atoms with Crippen LogP contribution in [-0.4, -0.2) is 18.5 Å². The average Bonchev–Trinajstić information content (AvgIpc) is 3.60. The highest BCUT2D eigenvalue weighted by Gasteiger charge is 2.34. The molecule has 5 aromatic rings. The van der Waals surface area contributed by atoms with Crippen molar-refractivity contribution in [3.05, 3.63) is 100 Å². The Morgan fingerprint density at radius 3 is 2.37 bits per heavy atom. The van der Waals surface area contributed by atoms with Gasteiger partial charge in [0.05, 0.1) is 5.69 Å². The summed E-state index contributed by atoms with van der Waals surface area (Å²) in [6.07, 6.45) is 4.93. The zero-order valence-electron chi connectivity index (χ0n) is 26.8. The van der Waals surface area contributed by atoms with E-state index in [9.17, 15) is 10.1 Å². The van der Waals surface area contributed by atoms with Crippen molar-refractivity contribution in [1.82, 2.24) is 0 Å². The second-order valence-corrected chi connectivity index (χ2v) is 14.7. The van der Waals surface area contributed by atoms with Crippen molar-refractivity contribution in [3.8, 4) is 17.2 Å². The minimum Gasteiger partial charge on any atom is -0.369 e. The number of fused-ring (bicyclic) bond motifs is 2. The monoisotopic (exact) mass is 643 g/mol. The van der Waals surface area contributed by atoms with Crippen LogP contribution >= 0.6 is 22.7 Å².